The van der Waals surface area contributed by atoms with Crippen LogP contribution in [0.2, 0.25) is 5.02 Å². The SMILES string of the molecule is CCOC(=O)Oc1cc(-c2cc(C)cc(F)c2)n(-c2cccc(Cl)c2)n1. The maximum atomic E-state index is 13.9. The molecule has 2 aromatic carbocycles. The number of carbonyl (C=O) groups is 1. The van der Waals surface area contributed by atoms with Gasteiger partial charge in [0.15, 0.2) is 0 Å². The van der Waals surface area contributed by atoms with E-state index in [0.717, 1.165) is 5.56 Å². The molecule has 26 heavy (non-hydrogen) atoms. The highest BCUT2D eigenvalue weighted by atomic mass is 35.5. The fraction of sp³-hybridized carbons (Fsp3) is 0.158. The van der Waals surface area contributed by atoms with E-state index in [9.17, 15) is 9.18 Å². The van der Waals surface area contributed by atoms with Gasteiger partial charge in [0.1, 0.15) is 5.82 Å². The molecule has 3 aromatic rings. The Labute approximate surface area is 154 Å². The number of hydrogen-bond acceptors (Lipinski definition) is 4. The van der Waals surface area contributed by atoms with E-state index < -0.39 is 6.16 Å². The first-order valence-corrected chi connectivity index (χ1v) is 8.32. The molecule has 0 fully saturated rings. The predicted octanol–water partition coefficient (Wildman–Crippen LogP) is 5.18. The number of aryl methyl sites for hydroxylation is 1. The molecule has 134 valence electrons. The Hall–Kier alpha value is -2.86. The minimum Gasteiger partial charge on any atom is -0.434 e. The Kier molecular flexibility index (Phi) is 5.23. The number of ether oxygens (including phenoxy) is 2. The molecule has 0 bridgehead atoms. The topological polar surface area (TPSA) is 53.4 Å². The highest BCUT2D eigenvalue weighted by molar-refractivity contribution is 6.30. The van der Waals surface area contributed by atoms with Crippen LogP contribution in [0, 0.1) is 12.7 Å². The fourth-order valence-corrected chi connectivity index (χ4v) is 2.72. The summed E-state index contributed by atoms with van der Waals surface area (Å²) in [7, 11) is 0. The minimum absolute atomic E-state index is 0.0420. The van der Waals surface area contributed by atoms with E-state index in [2.05, 4.69) is 5.10 Å². The lowest BCUT2D eigenvalue weighted by molar-refractivity contribution is 0.102. The van der Waals surface area contributed by atoms with Crippen LogP contribution in [0.3, 0.4) is 0 Å². The number of hydrogen-bond donors (Lipinski definition) is 0. The maximum absolute atomic E-state index is 13.9. The summed E-state index contributed by atoms with van der Waals surface area (Å²) < 4.78 is 25.3. The number of benzene rings is 2. The Morgan fingerprint density at radius 2 is 2.04 bits per heavy atom. The molecule has 0 aliphatic rings. The van der Waals surface area contributed by atoms with Crippen molar-refractivity contribution in [2.45, 2.75) is 13.8 Å². The average Bonchev–Trinajstić information content (AvgIpc) is 2.98. The van der Waals surface area contributed by atoms with Crippen LogP contribution in [0.15, 0.2) is 48.5 Å². The van der Waals surface area contributed by atoms with Gasteiger partial charge in [-0.25, -0.2) is 13.9 Å². The molecule has 0 aliphatic carbocycles. The lowest BCUT2D eigenvalue weighted by Gasteiger charge is -2.08. The molecule has 5 nitrogen and oxygen atoms in total. The summed E-state index contributed by atoms with van der Waals surface area (Å²) in [6, 6.07) is 13.2. The molecule has 0 saturated carbocycles. The van der Waals surface area contributed by atoms with Crippen molar-refractivity contribution in [1.82, 2.24) is 9.78 Å². The van der Waals surface area contributed by atoms with E-state index in [-0.39, 0.29) is 18.3 Å². The van der Waals surface area contributed by atoms with Crippen molar-refractivity contribution in [3.05, 3.63) is 64.9 Å². The highest BCUT2D eigenvalue weighted by Crippen LogP contribution is 2.29. The number of halogens is 2. The first kappa shape index (κ1) is 17.9. The van der Waals surface area contributed by atoms with Gasteiger partial charge in [0.25, 0.3) is 0 Å². The van der Waals surface area contributed by atoms with E-state index in [1.165, 1.54) is 16.8 Å². The second kappa shape index (κ2) is 7.58. The van der Waals surface area contributed by atoms with Gasteiger partial charge < -0.3 is 9.47 Å². The molecule has 0 amide bonds. The van der Waals surface area contributed by atoms with Gasteiger partial charge in [-0.3, -0.25) is 0 Å². The van der Waals surface area contributed by atoms with Crippen molar-refractivity contribution in [3.63, 3.8) is 0 Å². The molecule has 1 heterocycles. The van der Waals surface area contributed by atoms with E-state index in [1.807, 2.05) is 6.07 Å². The minimum atomic E-state index is -0.856. The van der Waals surface area contributed by atoms with Crippen LogP contribution >= 0.6 is 11.6 Å². The summed E-state index contributed by atoms with van der Waals surface area (Å²) in [5, 5.41) is 4.81. The molecule has 3 rings (SSSR count). The molecule has 7 heteroatoms. The molecular weight excluding hydrogens is 359 g/mol. The van der Waals surface area contributed by atoms with Gasteiger partial charge in [-0.15, -0.1) is 5.10 Å². The number of nitrogens with zero attached hydrogens (tertiary/aromatic N) is 2. The smallest absolute Gasteiger partial charge is 0.434 e. The number of rotatable bonds is 4. The van der Waals surface area contributed by atoms with Crippen molar-refractivity contribution in [3.8, 4) is 22.8 Å². The van der Waals surface area contributed by atoms with Gasteiger partial charge in [-0.2, -0.15) is 0 Å². The van der Waals surface area contributed by atoms with E-state index in [1.54, 1.807) is 44.2 Å². The van der Waals surface area contributed by atoms with E-state index in [4.69, 9.17) is 21.1 Å². The van der Waals surface area contributed by atoms with Crippen LogP contribution in [0.1, 0.15) is 12.5 Å². The Bertz CT molecular complexity index is 935. The quantitative estimate of drug-likeness (QED) is 0.591. The third-order valence-corrected chi connectivity index (χ3v) is 3.76. The summed E-state index contributed by atoms with van der Waals surface area (Å²) >= 11 is 6.07. The third-order valence-electron chi connectivity index (χ3n) is 3.53. The summed E-state index contributed by atoms with van der Waals surface area (Å²) in [6.07, 6.45) is -0.856. The monoisotopic (exact) mass is 374 g/mol. The fourth-order valence-electron chi connectivity index (χ4n) is 2.54. The normalized spacial score (nSPS) is 10.6. The zero-order valence-electron chi connectivity index (χ0n) is 14.2. The van der Waals surface area contributed by atoms with Gasteiger partial charge in [-0.05, 0) is 55.8 Å². The highest BCUT2D eigenvalue weighted by Gasteiger charge is 2.16. The Morgan fingerprint density at radius 1 is 1.23 bits per heavy atom. The van der Waals surface area contributed by atoms with Crippen LogP contribution in [-0.4, -0.2) is 22.5 Å². The van der Waals surface area contributed by atoms with Crippen LogP contribution < -0.4 is 4.74 Å². The van der Waals surface area contributed by atoms with Gasteiger partial charge in [0.2, 0.25) is 5.88 Å². The molecule has 0 atom stereocenters. The standard InChI is InChI=1S/C19H16ClFN2O3/c1-3-25-19(24)26-18-11-17(13-7-12(2)8-15(21)9-13)23(22-18)16-6-4-5-14(20)10-16/h4-11H,3H2,1-2H3. The molecular formula is C19H16ClFN2O3. The molecule has 0 spiro atoms. The van der Waals surface area contributed by atoms with Crippen LogP contribution in [0.4, 0.5) is 9.18 Å². The summed E-state index contributed by atoms with van der Waals surface area (Å²) in [5.41, 5.74) is 2.54. The van der Waals surface area contributed by atoms with Gasteiger partial charge in [0.05, 0.1) is 18.0 Å². The van der Waals surface area contributed by atoms with Gasteiger partial charge in [0, 0.05) is 16.7 Å². The Balaban J connectivity index is 2.11. The molecule has 0 N–H and O–H groups in total. The summed E-state index contributed by atoms with van der Waals surface area (Å²) in [5.74, 6) is -0.327. The van der Waals surface area contributed by atoms with Crippen molar-refractivity contribution in [1.29, 1.82) is 0 Å². The summed E-state index contributed by atoms with van der Waals surface area (Å²) in [6.45, 7) is 3.65. The van der Waals surface area contributed by atoms with Gasteiger partial charge >= 0.3 is 6.16 Å². The second-order valence-corrected chi connectivity index (χ2v) is 6.00. The largest absolute Gasteiger partial charge is 0.515 e. The third kappa shape index (κ3) is 4.03. The molecule has 0 radical (unpaired) electrons. The number of carbonyl (C=O) groups excluding carboxylic acids is 1. The average molecular weight is 375 g/mol. The zero-order valence-corrected chi connectivity index (χ0v) is 15.0. The van der Waals surface area contributed by atoms with E-state index in [0.29, 0.717) is 22.0 Å². The van der Waals surface area contributed by atoms with Crippen LogP contribution in [0.5, 0.6) is 5.88 Å². The van der Waals surface area contributed by atoms with E-state index >= 15 is 0 Å². The van der Waals surface area contributed by atoms with Crippen molar-refractivity contribution < 1.29 is 18.7 Å². The predicted molar refractivity (Wildman–Crippen MR) is 96.4 cm³/mol. The van der Waals surface area contributed by atoms with Crippen LogP contribution in [0.25, 0.3) is 16.9 Å². The summed E-state index contributed by atoms with van der Waals surface area (Å²) in [4.78, 5) is 11.6. The lowest BCUT2D eigenvalue weighted by atomic mass is 10.1. The van der Waals surface area contributed by atoms with Crippen molar-refractivity contribution in [2.24, 2.45) is 0 Å². The van der Waals surface area contributed by atoms with Crippen molar-refractivity contribution in [2.75, 3.05) is 6.61 Å². The molecule has 0 saturated heterocycles. The maximum Gasteiger partial charge on any atom is 0.515 e. The van der Waals surface area contributed by atoms with Crippen molar-refractivity contribution >= 4 is 17.8 Å². The van der Waals surface area contributed by atoms with Crippen LogP contribution in [-0.2, 0) is 4.74 Å². The number of aromatic nitrogens is 2. The zero-order chi connectivity index (χ0) is 18.7. The Morgan fingerprint density at radius 3 is 2.73 bits per heavy atom. The lowest BCUT2D eigenvalue weighted by Crippen LogP contribution is -2.10. The molecule has 0 unspecified atom stereocenters. The first-order chi connectivity index (χ1) is 12.5. The second-order valence-electron chi connectivity index (χ2n) is 5.56. The molecule has 1 aromatic heterocycles. The van der Waals surface area contributed by atoms with Gasteiger partial charge in [-0.1, -0.05) is 17.7 Å². The molecule has 0 aliphatic heterocycles. The first-order valence-electron chi connectivity index (χ1n) is 7.94.